The predicted molar refractivity (Wildman–Crippen MR) is 99.2 cm³/mol. The zero-order valence-electron chi connectivity index (χ0n) is 14.9. The molecule has 1 aliphatic heterocycles. The number of aromatic nitrogens is 3. The maximum atomic E-state index is 5.54. The number of hydrogen-bond acceptors (Lipinski definition) is 5. The standard InChI is InChI=1S/C18H26N4O2S/c1-3-24-16-8-6-15(7-9-16)17-5-4-10-21(17)14-22-18(25)20(13-19-22)11-12-23-2/h6-9,13,17H,3-5,10-12,14H2,1-2H3. The first kappa shape index (κ1) is 18.1. The summed E-state index contributed by atoms with van der Waals surface area (Å²) in [6.07, 6.45) is 4.14. The van der Waals surface area contributed by atoms with Crippen LogP contribution in [-0.4, -0.2) is 46.1 Å². The average molecular weight is 362 g/mol. The van der Waals surface area contributed by atoms with Gasteiger partial charge in [-0.1, -0.05) is 12.1 Å². The fourth-order valence-corrected chi connectivity index (χ4v) is 3.55. The Hall–Kier alpha value is -1.70. The van der Waals surface area contributed by atoms with Crippen molar-refractivity contribution in [2.45, 2.75) is 39.0 Å². The third-order valence-corrected chi connectivity index (χ3v) is 5.03. The van der Waals surface area contributed by atoms with Gasteiger partial charge in [-0.3, -0.25) is 4.90 Å². The highest BCUT2D eigenvalue weighted by molar-refractivity contribution is 7.71. The van der Waals surface area contributed by atoms with Gasteiger partial charge < -0.3 is 14.0 Å². The first-order valence-electron chi connectivity index (χ1n) is 8.81. The lowest BCUT2D eigenvalue weighted by Crippen LogP contribution is -2.27. The quantitative estimate of drug-likeness (QED) is 0.675. The van der Waals surface area contributed by atoms with Crippen molar-refractivity contribution in [3.8, 4) is 5.75 Å². The Bertz CT molecular complexity index is 725. The van der Waals surface area contributed by atoms with Crippen molar-refractivity contribution >= 4 is 12.2 Å². The molecule has 136 valence electrons. The number of likely N-dealkylation sites (tertiary alicyclic amines) is 1. The number of nitrogens with zero attached hydrogens (tertiary/aromatic N) is 4. The molecule has 1 saturated heterocycles. The minimum atomic E-state index is 0.404. The smallest absolute Gasteiger partial charge is 0.198 e. The molecule has 1 aromatic heterocycles. The molecule has 1 atom stereocenters. The predicted octanol–water partition coefficient (Wildman–Crippen LogP) is 3.25. The molecule has 25 heavy (non-hydrogen) atoms. The highest BCUT2D eigenvalue weighted by Gasteiger charge is 2.26. The van der Waals surface area contributed by atoms with Crippen molar-refractivity contribution in [1.29, 1.82) is 0 Å². The van der Waals surface area contributed by atoms with Gasteiger partial charge in [-0.05, 0) is 49.7 Å². The van der Waals surface area contributed by atoms with Crippen molar-refractivity contribution in [3.05, 3.63) is 40.9 Å². The van der Waals surface area contributed by atoms with E-state index in [0.717, 1.165) is 36.7 Å². The lowest BCUT2D eigenvalue weighted by Gasteiger charge is -2.24. The van der Waals surface area contributed by atoms with Gasteiger partial charge in [0.15, 0.2) is 4.77 Å². The SMILES string of the molecule is CCOc1ccc(C2CCCN2Cn2ncn(CCOC)c2=S)cc1. The van der Waals surface area contributed by atoms with Crippen LogP contribution in [-0.2, 0) is 18.0 Å². The van der Waals surface area contributed by atoms with Gasteiger partial charge in [-0.15, -0.1) is 0 Å². The molecule has 1 aromatic carbocycles. The molecule has 0 N–H and O–H groups in total. The topological polar surface area (TPSA) is 44.5 Å². The summed E-state index contributed by atoms with van der Waals surface area (Å²) in [6, 6.07) is 8.86. The van der Waals surface area contributed by atoms with Crippen molar-refractivity contribution in [2.24, 2.45) is 0 Å². The second-order valence-corrected chi connectivity index (χ2v) is 6.58. The number of hydrogen-bond donors (Lipinski definition) is 0. The Kier molecular flexibility index (Phi) is 6.23. The fraction of sp³-hybridized carbons (Fsp3) is 0.556. The van der Waals surface area contributed by atoms with E-state index in [1.54, 1.807) is 13.4 Å². The van der Waals surface area contributed by atoms with Gasteiger partial charge in [0.2, 0.25) is 0 Å². The molecule has 2 heterocycles. The first-order chi connectivity index (χ1) is 12.2. The highest BCUT2D eigenvalue weighted by Crippen LogP contribution is 2.33. The van der Waals surface area contributed by atoms with E-state index in [4.69, 9.17) is 21.7 Å². The van der Waals surface area contributed by atoms with Gasteiger partial charge in [0, 0.05) is 26.2 Å². The zero-order valence-corrected chi connectivity index (χ0v) is 15.7. The van der Waals surface area contributed by atoms with E-state index in [0.29, 0.717) is 19.3 Å². The Balaban J connectivity index is 1.69. The minimum absolute atomic E-state index is 0.404. The van der Waals surface area contributed by atoms with Crippen molar-refractivity contribution < 1.29 is 9.47 Å². The summed E-state index contributed by atoms with van der Waals surface area (Å²) in [6.45, 7) is 5.85. The maximum Gasteiger partial charge on any atom is 0.198 e. The van der Waals surface area contributed by atoms with Crippen LogP contribution in [0.25, 0.3) is 0 Å². The number of ether oxygens (including phenoxy) is 2. The summed E-state index contributed by atoms with van der Waals surface area (Å²) >= 11 is 5.54. The maximum absolute atomic E-state index is 5.54. The monoisotopic (exact) mass is 362 g/mol. The van der Waals surface area contributed by atoms with Crippen LogP contribution < -0.4 is 4.74 Å². The lowest BCUT2D eigenvalue weighted by atomic mass is 10.0. The molecule has 7 heteroatoms. The number of methoxy groups -OCH3 is 1. The second-order valence-electron chi connectivity index (χ2n) is 6.21. The van der Waals surface area contributed by atoms with E-state index in [9.17, 15) is 0 Å². The lowest BCUT2D eigenvalue weighted by molar-refractivity contribution is 0.182. The summed E-state index contributed by atoms with van der Waals surface area (Å²) in [5, 5.41) is 4.46. The minimum Gasteiger partial charge on any atom is -0.494 e. The van der Waals surface area contributed by atoms with E-state index in [2.05, 4.69) is 34.3 Å². The molecular formula is C18H26N4O2S. The molecule has 3 rings (SSSR count). The van der Waals surface area contributed by atoms with Crippen molar-refractivity contribution in [2.75, 3.05) is 26.9 Å². The van der Waals surface area contributed by atoms with Crippen LogP contribution in [0, 0.1) is 4.77 Å². The van der Waals surface area contributed by atoms with Crippen LogP contribution in [0.2, 0.25) is 0 Å². The van der Waals surface area contributed by atoms with Crippen LogP contribution >= 0.6 is 12.2 Å². The normalized spacial score (nSPS) is 17.9. The van der Waals surface area contributed by atoms with Gasteiger partial charge in [0.1, 0.15) is 12.1 Å². The van der Waals surface area contributed by atoms with Crippen LogP contribution in [0.3, 0.4) is 0 Å². The second kappa shape index (κ2) is 8.60. The van der Waals surface area contributed by atoms with E-state index in [-0.39, 0.29) is 0 Å². The summed E-state index contributed by atoms with van der Waals surface area (Å²) in [4.78, 5) is 2.44. The van der Waals surface area contributed by atoms with Gasteiger partial charge in [-0.2, -0.15) is 5.10 Å². The number of benzene rings is 1. The molecule has 0 bridgehead atoms. The van der Waals surface area contributed by atoms with Gasteiger partial charge in [-0.25, -0.2) is 4.68 Å². The third kappa shape index (κ3) is 4.29. The summed E-state index contributed by atoms with van der Waals surface area (Å²) in [5.41, 5.74) is 1.33. The van der Waals surface area contributed by atoms with Crippen molar-refractivity contribution in [3.63, 3.8) is 0 Å². The Labute approximate surface area is 154 Å². The molecule has 6 nitrogen and oxygen atoms in total. The van der Waals surface area contributed by atoms with E-state index < -0.39 is 0 Å². The summed E-state index contributed by atoms with van der Waals surface area (Å²) < 4.78 is 15.3. The molecule has 1 fully saturated rings. The van der Waals surface area contributed by atoms with Crippen molar-refractivity contribution in [1.82, 2.24) is 19.2 Å². The Morgan fingerprint density at radius 3 is 2.80 bits per heavy atom. The Morgan fingerprint density at radius 1 is 1.28 bits per heavy atom. The Morgan fingerprint density at radius 2 is 2.08 bits per heavy atom. The molecule has 0 amide bonds. The molecule has 2 aromatic rings. The molecule has 0 radical (unpaired) electrons. The number of rotatable bonds is 8. The molecule has 0 aliphatic carbocycles. The molecule has 0 spiro atoms. The van der Waals surface area contributed by atoms with E-state index in [1.165, 1.54) is 12.0 Å². The molecule has 0 saturated carbocycles. The summed E-state index contributed by atoms with van der Waals surface area (Å²) in [7, 11) is 1.69. The largest absolute Gasteiger partial charge is 0.494 e. The van der Waals surface area contributed by atoms with Crippen LogP contribution in [0.15, 0.2) is 30.6 Å². The van der Waals surface area contributed by atoms with Crippen LogP contribution in [0.1, 0.15) is 31.4 Å². The molecule has 1 unspecified atom stereocenters. The molecular weight excluding hydrogens is 336 g/mol. The van der Waals surface area contributed by atoms with Gasteiger partial charge in [0.25, 0.3) is 0 Å². The fourth-order valence-electron chi connectivity index (χ4n) is 3.31. The van der Waals surface area contributed by atoms with Gasteiger partial charge in [0.05, 0.1) is 19.9 Å². The zero-order chi connectivity index (χ0) is 17.6. The first-order valence-corrected chi connectivity index (χ1v) is 9.21. The van der Waals surface area contributed by atoms with Crippen LogP contribution in [0.5, 0.6) is 5.75 Å². The summed E-state index contributed by atoms with van der Waals surface area (Å²) in [5.74, 6) is 0.926. The molecule has 1 aliphatic rings. The van der Waals surface area contributed by atoms with E-state index >= 15 is 0 Å². The average Bonchev–Trinajstić information content (AvgIpc) is 3.22. The highest BCUT2D eigenvalue weighted by atomic mass is 32.1. The van der Waals surface area contributed by atoms with Gasteiger partial charge >= 0.3 is 0 Å². The van der Waals surface area contributed by atoms with Crippen LogP contribution in [0.4, 0.5) is 0 Å². The van der Waals surface area contributed by atoms with E-state index in [1.807, 2.05) is 16.2 Å². The third-order valence-electron chi connectivity index (χ3n) is 4.59.